The highest BCUT2D eigenvalue weighted by atomic mass is 16.5. The number of urea groups is 1. The summed E-state index contributed by atoms with van der Waals surface area (Å²) in [5.41, 5.74) is 1.92. The fraction of sp³-hybridized carbons (Fsp3) is 0.125. The molecule has 0 bridgehead atoms. The molecule has 21 heavy (non-hydrogen) atoms. The van der Waals surface area contributed by atoms with Gasteiger partial charge in [-0.1, -0.05) is 24.3 Å². The molecule has 0 atom stereocenters. The number of carbonyl (C=O) groups excluding carboxylic acids is 1. The molecule has 0 aliphatic heterocycles. The Labute approximate surface area is 123 Å². The van der Waals surface area contributed by atoms with Crippen LogP contribution in [0.5, 0.6) is 5.75 Å². The number of anilines is 1. The maximum Gasteiger partial charge on any atom is 0.324 e. The van der Waals surface area contributed by atoms with Gasteiger partial charge in [0, 0.05) is 18.0 Å². The second-order valence-corrected chi connectivity index (χ2v) is 4.39. The Morgan fingerprint density at radius 1 is 1.24 bits per heavy atom. The van der Waals surface area contributed by atoms with E-state index in [9.17, 15) is 4.79 Å². The summed E-state index contributed by atoms with van der Waals surface area (Å²) in [7, 11) is 1.61. The number of rotatable bonds is 4. The molecule has 1 heterocycles. The quantitative estimate of drug-likeness (QED) is 0.905. The number of para-hydroxylation sites is 1. The zero-order chi connectivity index (χ0) is 15.1. The summed E-state index contributed by atoms with van der Waals surface area (Å²) in [5, 5.41) is 5.26. The molecule has 0 saturated heterocycles. The van der Waals surface area contributed by atoms with Gasteiger partial charge in [0.1, 0.15) is 11.6 Å². The second-order valence-electron chi connectivity index (χ2n) is 4.39. The fourth-order valence-electron chi connectivity index (χ4n) is 1.71. The molecular weight excluding hydrogens is 266 g/mol. The lowest BCUT2D eigenvalue weighted by Crippen LogP contribution is -2.24. The van der Waals surface area contributed by atoms with Crippen molar-refractivity contribution in [2.24, 2.45) is 0 Å². The zero-order valence-electron chi connectivity index (χ0n) is 12.0. The summed E-state index contributed by atoms with van der Waals surface area (Å²) in [6, 6.07) is 10.8. The van der Waals surface area contributed by atoms with E-state index in [2.05, 4.69) is 15.6 Å². The summed E-state index contributed by atoms with van der Waals surface area (Å²) in [5.74, 6) is 1.25. The van der Waals surface area contributed by atoms with E-state index < -0.39 is 0 Å². The number of hydrogen-bond acceptors (Lipinski definition) is 3. The molecule has 108 valence electrons. The Morgan fingerprint density at radius 3 is 2.76 bits per heavy atom. The van der Waals surface area contributed by atoms with Crippen LogP contribution in [-0.2, 0) is 0 Å². The summed E-state index contributed by atoms with van der Waals surface area (Å²) in [6.07, 6.45) is 5.02. The zero-order valence-corrected chi connectivity index (χ0v) is 12.0. The molecule has 0 aliphatic rings. The van der Waals surface area contributed by atoms with Crippen molar-refractivity contribution in [3.05, 3.63) is 59.9 Å². The van der Waals surface area contributed by atoms with Crippen LogP contribution < -0.4 is 15.4 Å². The number of carbonyl (C=O) groups is 1. The lowest BCUT2D eigenvalue weighted by Gasteiger charge is -2.05. The standard InChI is InChI=1S/C16H17N3O2/c1-12-7-8-15(18-11-12)19-16(20)17-10-9-13-5-3-4-6-14(13)21-2/h3-11H,1-2H3,(H2,17,18,19,20)/b10-9+. The molecule has 2 N–H and O–H groups in total. The van der Waals surface area contributed by atoms with Gasteiger partial charge in [-0.05, 0) is 30.7 Å². The van der Waals surface area contributed by atoms with Crippen LogP contribution in [0.25, 0.3) is 6.08 Å². The lowest BCUT2D eigenvalue weighted by atomic mass is 10.2. The molecule has 0 unspecified atom stereocenters. The average molecular weight is 283 g/mol. The van der Waals surface area contributed by atoms with E-state index in [0.29, 0.717) is 5.82 Å². The summed E-state index contributed by atoms with van der Waals surface area (Å²) in [6.45, 7) is 1.94. The highest BCUT2D eigenvalue weighted by Gasteiger charge is 2.00. The number of hydrogen-bond donors (Lipinski definition) is 2. The van der Waals surface area contributed by atoms with Gasteiger partial charge in [-0.15, -0.1) is 0 Å². The van der Waals surface area contributed by atoms with Crippen molar-refractivity contribution >= 4 is 17.9 Å². The highest BCUT2D eigenvalue weighted by molar-refractivity contribution is 5.89. The largest absolute Gasteiger partial charge is 0.496 e. The van der Waals surface area contributed by atoms with Crippen LogP contribution in [-0.4, -0.2) is 18.1 Å². The van der Waals surface area contributed by atoms with Gasteiger partial charge in [-0.25, -0.2) is 9.78 Å². The molecule has 2 aromatic rings. The molecule has 2 rings (SSSR count). The van der Waals surface area contributed by atoms with E-state index in [0.717, 1.165) is 16.9 Å². The molecule has 2 amide bonds. The number of nitrogens with zero attached hydrogens (tertiary/aromatic N) is 1. The Bertz CT molecular complexity index is 636. The molecule has 1 aromatic heterocycles. The van der Waals surface area contributed by atoms with Crippen molar-refractivity contribution < 1.29 is 9.53 Å². The lowest BCUT2D eigenvalue weighted by molar-refractivity contribution is 0.255. The van der Waals surface area contributed by atoms with Crippen molar-refractivity contribution in [3.8, 4) is 5.75 Å². The molecule has 0 radical (unpaired) electrons. The van der Waals surface area contributed by atoms with Gasteiger partial charge in [-0.2, -0.15) is 0 Å². The second kappa shape index (κ2) is 7.09. The monoisotopic (exact) mass is 283 g/mol. The van der Waals surface area contributed by atoms with Crippen molar-refractivity contribution in [2.75, 3.05) is 12.4 Å². The van der Waals surface area contributed by atoms with Crippen molar-refractivity contribution in [1.29, 1.82) is 0 Å². The molecular formula is C16H17N3O2. The van der Waals surface area contributed by atoms with E-state index in [-0.39, 0.29) is 6.03 Å². The minimum atomic E-state index is -0.350. The van der Waals surface area contributed by atoms with Crippen molar-refractivity contribution in [2.45, 2.75) is 6.92 Å². The maximum absolute atomic E-state index is 11.7. The van der Waals surface area contributed by atoms with Gasteiger partial charge in [0.05, 0.1) is 7.11 Å². The van der Waals surface area contributed by atoms with Gasteiger partial charge < -0.3 is 10.1 Å². The molecule has 0 aliphatic carbocycles. The Balaban J connectivity index is 1.91. The first-order chi connectivity index (χ1) is 10.2. The minimum absolute atomic E-state index is 0.350. The number of aryl methyl sites for hydroxylation is 1. The fourth-order valence-corrected chi connectivity index (χ4v) is 1.71. The maximum atomic E-state index is 11.7. The Hall–Kier alpha value is -2.82. The van der Waals surface area contributed by atoms with Crippen LogP contribution in [0.4, 0.5) is 10.6 Å². The number of benzene rings is 1. The van der Waals surface area contributed by atoms with E-state index in [1.54, 1.807) is 31.6 Å². The average Bonchev–Trinajstić information content (AvgIpc) is 2.50. The number of nitrogens with one attached hydrogen (secondary N) is 2. The van der Waals surface area contributed by atoms with Gasteiger partial charge in [0.2, 0.25) is 0 Å². The predicted molar refractivity (Wildman–Crippen MR) is 83.2 cm³/mol. The van der Waals surface area contributed by atoms with Crippen molar-refractivity contribution in [3.63, 3.8) is 0 Å². The molecule has 0 saturated carbocycles. The van der Waals surface area contributed by atoms with Crippen molar-refractivity contribution in [1.82, 2.24) is 10.3 Å². The third kappa shape index (κ3) is 4.35. The van der Waals surface area contributed by atoms with Gasteiger partial charge in [0.15, 0.2) is 0 Å². The van der Waals surface area contributed by atoms with Crippen LogP contribution in [0.2, 0.25) is 0 Å². The van der Waals surface area contributed by atoms with Crippen LogP contribution in [0.3, 0.4) is 0 Å². The third-order valence-corrected chi connectivity index (χ3v) is 2.77. The van der Waals surface area contributed by atoms with E-state index >= 15 is 0 Å². The number of methoxy groups -OCH3 is 1. The highest BCUT2D eigenvalue weighted by Crippen LogP contribution is 2.18. The first-order valence-electron chi connectivity index (χ1n) is 6.49. The molecule has 1 aromatic carbocycles. The summed E-state index contributed by atoms with van der Waals surface area (Å²) >= 11 is 0. The molecule has 5 heteroatoms. The Morgan fingerprint density at radius 2 is 2.05 bits per heavy atom. The minimum Gasteiger partial charge on any atom is -0.496 e. The first-order valence-corrected chi connectivity index (χ1v) is 6.49. The predicted octanol–water partition coefficient (Wildman–Crippen LogP) is 3.19. The van der Waals surface area contributed by atoms with E-state index in [1.165, 1.54) is 0 Å². The number of aromatic nitrogens is 1. The first kappa shape index (κ1) is 14.6. The van der Waals surface area contributed by atoms with Crippen LogP contribution >= 0.6 is 0 Å². The third-order valence-electron chi connectivity index (χ3n) is 2.77. The summed E-state index contributed by atoms with van der Waals surface area (Å²) < 4.78 is 5.22. The SMILES string of the molecule is COc1ccccc1/C=C/NC(=O)Nc1ccc(C)cn1. The number of ether oxygens (including phenoxy) is 1. The number of amides is 2. The molecule has 0 spiro atoms. The topological polar surface area (TPSA) is 63.2 Å². The van der Waals surface area contributed by atoms with Crippen LogP contribution in [0.1, 0.15) is 11.1 Å². The normalized spacial score (nSPS) is 10.4. The van der Waals surface area contributed by atoms with E-state index in [4.69, 9.17) is 4.74 Å². The van der Waals surface area contributed by atoms with Gasteiger partial charge >= 0.3 is 6.03 Å². The van der Waals surface area contributed by atoms with Gasteiger partial charge in [0.25, 0.3) is 0 Å². The molecule has 5 nitrogen and oxygen atoms in total. The van der Waals surface area contributed by atoms with E-state index in [1.807, 2.05) is 37.3 Å². The van der Waals surface area contributed by atoms with Crippen LogP contribution in [0.15, 0.2) is 48.8 Å². The molecule has 0 fully saturated rings. The number of pyridine rings is 1. The Kier molecular flexibility index (Phi) is 4.93. The smallest absolute Gasteiger partial charge is 0.324 e. The van der Waals surface area contributed by atoms with Gasteiger partial charge in [-0.3, -0.25) is 5.32 Å². The van der Waals surface area contributed by atoms with Crippen LogP contribution in [0, 0.1) is 6.92 Å². The summed E-state index contributed by atoms with van der Waals surface area (Å²) in [4.78, 5) is 15.8.